The van der Waals surface area contributed by atoms with E-state index in [1.807, 2.05) is 11.9 Å². The van der Waals surface area contributed by atoms with Crippen LogP contribution in [0.15, 0.2) is 6.20 Å². The van der Waals surface area contributed by atoms with Gasteiger partial charge in [0.15, 0.2) is 5.69 Å². The van der Waals surface area contributed by atoms with Gasteiger partial charge in [-0.15, -0.1) is 0 Å². The number of piperidine rings is 1. The van der Waals surface area contributed by atoms with Crippen molar-refractivity contribution < 1.29 is 4.79 Å². The van der Waals surface area contributed by atoms with E-state index >= 15 is 0 Å². The first-order chi connectivity index (χ1) is 9.02. The minimum atomic E-state index is -0.217. The summed E-state index contributed by atoms with van der Waals surface area (Å²) in [6, 6.07) is 0.698. The first-order valence-corrected chi connectivity index (χ1v) is 6.95. The molecule has 106 valence electrons. The summed E-state index contributed by atoms with van der Waals surface area (Å²) in [5, 5.41) is 6.22. The molecule has 1 aliphatic rings. The third-order valence-electron chi connectivity index (χ3n) is 3.75. The minimum absolute atomic E-state index is 0.217. The Balaban J connectivity index is 2.09. The number of aromatic nitrogens is 2. The van der Waals surface area contributed by atoms with Crippen molar-refractivity contribution in [3.8, 4) is 0 Å². The number of nitrogen functional groups attached to an aromatic ring is 1. The molecule has 6 heteroatoms. The summed E-state index contributed by atoms with van der Waals surface area (Å²) in [4.78, 5) is 12.2. The Labute approximate surface area is 113 Å². The number of hydrazine groups is 1. The molecule has 0 aromatic carbocycles. The summed E-state index contributed by atoms with van der Waals surface area (Å²) in [7, 11) is 0. The van der Waals surface area contributed by atoms with Crippen LogP contribution in [-0.4, -0.2) is 32.8 Å². The maximum absolute atomic E-state index is 12.2. The van der Waals surface area contributed by atoms with E-state index in [2.05, 4.69) is 24.4 Å². The highest BCUT2D eigenvalue weighted by atomic mass is 16.2. The van der Waals surface area contributed by atoms with Crippen LogP contribution in [0.5, 0.6) is 0 Å². The van der Waals surface area contributed by atoms with Gasteiger partial charge in [-0.05, 0) is 33.6 Å². The van der Waals surface area contributed by atoms with Gasteiger partial charge in [-0.25, -0.2) is 5.01 Å². The molecule has 1 aromatic heterocycles. The van der Waals surface area contributed by atoms with Crippen LogP contribution in [-0.2, 0) is 6.54 Å². The summed E-state index contributed by atoms with van der Waals surface area (Å²) < 4.78 is 1.67. The van der Waals surface area contributed by atoms with E-state index < -0.39 is 0 Å². The second-order valence-corrected chi connectivity index (χ2v) is 5.27. The van der Waals surface area contributed by atoms with Crippen LogP contribution in [0.2, 0.25) is 0 Å². The van der Waals surface area contributed by atoms with E-state index in [0.717, 1.165) is 12.8 Å². The summed E-state index contributed by atoms with van der Waals surface area (Å²) in [5.41, 5.74) is 9.52. The van der Waals surface area contributed by atoms with Crippen molar-refractivity contribution in [1.29, 1.82) is 0 Å². The van der Waals surface area contributed by atoms with Gasteiger partial charge in [0.2, 0.25) is 0 Å². The molecule has 1 saturated heterocycles. The molecule has 2 rings (SSSR count). The molecular formula is C13H23N5O. The minimum Gasteiger partial charge on any atom is -0.396 e. The lowest BCUT2D eigenvalue weighted by Gasteiger charge is -2.38. The average Bonchev–Trinajstić information content (AvgIpc) is 2.75. The van der Waals surface area contributed by atoms with E-state index in [1.165, 1.54) is 6.42 Å². The Morgan fingerprint density at radius 2 is 2.11 bits per heavy atom. The average molecular weight is 265 g/mol. The number of rotatable bonds is 3. The van der Waals surface area contributed by atoms with E-state index in [4.69, 9.17) is 5.73 Å². The molecule has 1 amide bonds. The van der Waals surface area contributed by atoms with Crippen molar-refractivity contribution >= 4 is 11.6 Å². The first kappa shape index (κ1) is 13.9. The molecule has 19 heavy (non-hydrogen) atoms. The molecule has 0 aliphatic carbocycles. The number of hydrogen-bond donors (Lipinski definition) is 2. The number of carbonyl (C=O) groups excluding carboxylic acids is 1. The molecule has 0 radical (unpaired) electrons. The Morgan fingerprint density at radius 1 is 1.47 bits per heavy atom. The van der Waals surface area contributed by atoms with Gasteiger partial charge in [-0.2, -0.15) is 5.10 Å². The standard InChI is InChI=1S/C13H23N5O/c1-4-17-8-11(14)12(15-17)13(19)16-18-9(2)6-5-7-10(18)3/h8-10H,4-7,14H2,1-3H3,(H,16,19). The van der Waals surface area contributed by atoms with Gasteiger partial charge in [0.25, 0.3) is 5.91 Å². The summed E-state index contributed by atoms with van der Waals surface area (Å²) in [5.74, 6) is -0.217. The van der Waals surface area contributed by atoms with Crippen molar-refractivity contribution in [1.82, 2.24) is 20.2 Å². The molecule has 1 aromatic rings. The lowest BCUT2D eigenvalue weighted by Crippen LogP contribution is -2.54. The van der Waals surface area contributed by atoms with Gasteiger partial charge >= 0.3 is 0 Å². The zero-order chi connectivity index (χ0) is 14.0. The van der Waals surface area contributed by atoms with Crippen LogP contribution in [0.3, 0.4) is 0 Å². The van der Waals surface area contributed by atoms with Crippen molar-refractivity contribution in [3.63, 3.8) is 0 Å². The molecule has 0 spiro atoms. The summed E-state index contributed by atoms with van der Waals surface area (Å²) in [6.07, 6.45) is 5.10. The fraction of sp³-hybridized carbons (Fsp3) is 0.692. The molecular weight excluding hydrogens is 242 g/mol. The predicted octanol–water partition coefficient (Wildman–Crippen LogP) is 1.39. The molecule has 2 atom stereocenters. The van der Waals surface area contributed by atoms with Crippen LogP contribution in [0.25, 0.3) is 0 Å². The fourth-order valence-electron chi connectivity index (χ4n) is 2.59. The zero-order valence-corrected chi connectivity index (χ0v) is 11.9. The van der Waals surface area contributed by atoms with Crippen molar-refractivity contribution in [2.24, 2.45) is 0 Å². The number of carbonyl (C=O) groups is 1. The quantitative estimate of drug-likeness (QED) is 0.866. The van der Waals surface area contributed by atoms with Gasteiger partial charge in [0, 0.05) is 24.8 Å². The van der Waals surface area contributed by atoms with E-state index in [-0.39, 0.29) is 5.91 Å². The highest BCUT2D eigenvalue weighted by Crippen LogP contribution is 2.20. The molecule has 0 saturated carbocycles. The van der Waals surface area contributed by atoms with Crippen LogP contribution >= 0.6 is 0 Å². The Bertz CT molecular complexity index is 446. The van der Waals surface area contributed by atoms with Gasteiger partial charge in [-0.1, -0.05) is 6.42 Å². The largest absolute Gasteiger partial charge is 0.396 e. The van der Waals surface area contributed by atoms with Crippen LogP contribution in [0.4, 0.5) is 5.69 Å². The topological polar surface area (TPSA) is 76.2 Å². The molecule has 1 aliphatic heterocycles. The lowest BCUT2D eigenvalue weighted by molar-refractivity contribution is 0.0366. The van der Waals surface area contributed by atoms with Gasteiger partial charge in [0.05, 0.1) is 5.69 Å². The van der Waals surface area contributed by atoms with Gasteiger partial charge in [-0.3, -0.25) is 14.9 Å². The monoisotopic (exact) mass is 265 g/mol. The highest BCUT2D eigenvalue weighted by molar-refractivity contribution is 5.96. The maximum Gasteiger partial charge on any atom is 0.288 e. The number of anilines is 1. The first-order valence-electron chi connectivity index (χ1n) is 6.95. The van der Waals surface area contributed by atoms with Crippen molar-refractivity contribution in [2.45, 2.75) is 58.7 Å². The van der Waals surface area contributed by atoms with Gasteiger partial charge < -0.3 is 5.73 Å². The normalized spacial score (nSPS) is 24.4. The van der Waals surface area contributed by atoms with Crippen LogP contribution in [0, 0.1) is 0 Å². The summed E-state index contributed by atoms with van der Waals surface area (Å²) in [6.45, 7) is 6.92. The Kier molecular flexibility index (Phi) is 4.09. The maximum atomic E-state index is 12.2. The number of nitrogens with one attached hydrogen (secondary N) is 1. The smallest absolute Gasteiger partial charge is 0.288 e. The highest BCUT2D eigenvalue weighted by Gasteiger charge is 2.27. The summed E-state index contributed by atoms with van der Waals surface area (Å²) >= 11 is 0. The number of amides is 1. The second-order valence-electron chi connectivity index (χ2n) is 5.27. The van der Waals surface area contributed by atoms with Gasteiger partial charge in [0.1, 0.15) is 0 Å². The molecule has 1 fully saturated rings. The molecule has 3 N–H and O–H groups in total. The molecule has 2 heterocycles. The zero-order valence-electron chi connectivity index (χ0n) is 11.9. The fourth-order valence-corrected chi connectivity index (χ4v) is 2.59. The van der Waals surface area contributed by atoms with E-state index in [9.17, 15) is 4.79 Å². The predicted molar refractivity (Wildman–Crippen MR) is 74.4 cm³/mol. The molecule has 0 bridgehead atoms. The van der Waals surface area contributed by atoms with Crippen LogP contribution < -0.4 is 11.2 Å². The van der Waals surface area contributed by atoms with Crippen molar-refractivity contribution in [2.75, 3.05) is 5.73 Å². The number of nitrogens with zero attached hydrogens (tertiary/aromatic N) is 3. The van der Waals surface area contributed by atoms with E-state index in [1.54, 1.807) is 10.9 Å². The van der Waals surface area contributed by atoms with E-state index in [0.29, 0.717) is 30.0 Å². The third kappa shape index (κ3) is 2.89. The number of hydrogen-bond acceptors (Lipinski definition) is 4. The van der Waals surface area contributed by atoms with Crippen molar-refractivity contribution in [3.05, 3.63) is 11.9 Å². The molecule has 2 unspecified atom stereocenters. The SMILES string of the molecule is CCn1cc(N)c(C(=O)NN2C(C)CCCC2C)n1. The molecule has 6 nitrogen and oxygen atoms in total. The number of nitrogens with two attached hydrogens (primary N) is 1. The number of aryl methyl sites for hydroxylation is 1. The Hall–Kier alpha value is -1.56. The Morgan fingerprint density at radius 3 is 2.63 bits per heavy atom. The lowest BCUT2D eigenvalue weighted by atomic mass is 10.00. The van der Waals surface area contributed by atoms with Crippen LogP contribution in [0.1, 0.15) is 50.5 Å². The third-order valence-corrected chi connectivity index (χ3v) is 3.75. The second kappa shape index (κ2) is 5.61.